The van der Waals surface area contributed by atoms with Gasteiger partial charge in [0.15, 0.2) is 0 Å². The Kier molecular flexibility index (Phi) is 6.64. The molecule has 0 heterocycles. The second-order valence-electron chi connectivity index (χ2n) is 4.40. The van der Waals surface area contributed by atoms with Gasteiger partial charge in [0, 0.05) is 6.54 Å². The van der Waals surface area contributed by atoms with Crippen LogP contribution in [0.1, 0.15) is 20.3 Å². The number of sulfonamides is 1. The number of esters is 1. The van der Waals surface area contributed by atoms with E-state index in [1.54, 1.807) is 30.0 Å². The molecule has 7 heteroatoms. The third kappa shape index (κ3) is 4.71. The minimum Gasteiger partial charge on any atom is -0.465 e. The minimum atomic E-state index is -3.58. The first-order valence-electron chi connectivity index (χ1n) is 6.89. The fourth-order valence-corrected chi connectivity index (χ4v) is 2.92. The van der Waals surface area contributed by atoms with Gasteiger partial charge in [-0.15, -0.1) is 0 Å². The lowest BCUT2D eigenvalue weighted by Gasteiger charge is -2.25. The number of benzene rings is 1. The minimum absolute atomic E-state index is 0.0257. The molecule has 0 saturated heterocycles. The Morgan fingerprint density at radius 3 is 2.52 bits per heavy atom. The van der Waals surface area contributed by atoms with Crippen LogP contribution in [0, 0.1) is 0 Å². The zero-order valence-corrected chi connectivity index (χ0v) is 13.4. The maximum atomic E-state index is 12.1. The van der Waals surface area contributed by atoms with E-state index in [9.17, 15) is 13.2 Å². The Balaban J connectivity index is 3.17. The van der Waals surface area contributed by atoms with Crippen LogP contribution in [0.5, 0.6) is 0 Å². The molecule has 0 radical (unpaired) electrons. The average molecular weight is 314 g/mol. The van der Waals surface area contributed by atoms with Crippen molar-refractivity contribution >= 4 is 21.7 Å². The van der Waals surface area contributed by atoms with E-state index < -0.39 is 10.0 Å². The SMILES string of the molecule is CCCN(CC(=O)OCC)c1ccccc1S(=O)(=O)NC. The number of para-hydroxylation sites is 1. The number of hydrogen-bond acceptors (Lipinski definition) is 5. The summed E-state index contributed by atoms with van der Waals surface area (Å²) in [5, 5.41) is 0. The fourth-order valence-electron chi connectivity index (χ4n) is 1.97. The molecule has 6 nitrogen and oxygen atoms in total. The van der Waals surface area contributed by atoms with Crippen LogP contribution in [0.4, 0.5) is 5.69 Å². The van der Waals surface area contributed by atoms with Gasteiger partial charge in [0.05, 0.1) is 12.3 Å². The van der Waals surface area contributed by atoms with Crippen molar-refractivity contribution in [2.24, 2.45) is 0 Å². The molecular weight excluding hydrogens is 292 g/mol. The van der Waals surface area contributed by atoms with E-state index in [1.807, 2.05) is 6.92 Å². The van der Waals surface area contributed by atoms with Crippen LogP contribution in [0.15, 0.2) is 29.2 Å². The van der Waals surface area contributed by atoms with Gasteiger partial charge in [-0.2, -0.15) is 0 Å². The van der Waals surface area contributed by atoms with Crippen LogP contribution in [0.3, 0.4) is 0 Å². The molecule has 0 fully saturated rings. The monoisotopic (exact) mass is 314 g/mol. The van der Waals surface area contributed by atoms with Crippen LogP contribution in [0.2, 0.25) is 0 Å². The molecule has 0 saturated carbocycles. The van der Waals surface area contributed by atoms with E-state index in [1.165, 1.54) is 13.1 Å². The highest BCUT2D eigenvalue weighted by Crippen LogP contribution is 2.25. The summed E-state index contributed by atoms with van der Waals surface area (Å²) in [6, 6.07) is 6.62. The molecule has 21 heavy (non-hydrogen) atoms. The van der Waals surface area contributed by atoms with E-state index in [-0.39, 0.29) is 17.4 Å². The van der Waals surface area contributed by atoms with E-state index >= 15 is 0 Å². The zero-order valence-electron chi connectivity index (χ0n) is 12.6. The van der Waals surface area contributed by atoms with Crippen LogP contribution >= 0.6 is 0 Å². The summed E-state index contributed by atoms with van der Waals surface area (Å²) in [6.45, 7) is 4.59. The summed E-state index contributed by atoms with van der Waals surface area (Å²) >= 11 is 0. The molecule has 1 rings (SSSR count). The predicted molar refractivity (Wildman–Crippen MR) is 81.8 cm³/mol. The van der Waals surface area contributed by atoms with Crippen molar-refractivity contribution in [1.29, 1.82) is 0 Å². The van der Waals surface area contributed by atoms with Crippen LogP contribution in [-0.2, 0) is 19.6 Å². The lowest BCUT2D eigenvalue weighted by Crippen LogP contribution is -2.33. The van der Waals surface area contributed by atoms with Crippen molar-refractivity contribution in [2.45, 2.75) is 25.2 Å². The summed E-state index contributed by atoms with van der Waals surface area (Å²) < 4.78 is 31.4. The molecule has 0 atom stereocenters. The molecule has 1 N–H and O–H groups in total. The highest BCUT2D eigenvalue weighted by Gasteiger charge is 2.21. The van der Waals surface area contributed by atoms with Gasteiger partial charge in [0.25, 0.3) is 0 Å². The fraction of sp³-hybridized carbons (Fsp3) is 0.500. The van der Waals surface area contributed by atoms with E-state index in [0.717, 1.165) is 6.42 Å². The smallest absolute Gasteiger partial charge is 0.325 e. The number of rotatable bonds is 8. The molecule has 0 spiro atoms. The topological polar surface area (TPSA) is 75.7 Å². The summed E-state index contributed by atoms with van der Waals surface area (Å²) in [5.74, 6) is -0.373. The van der Waals surface area contributed by atoms with Crippen molar-refractivity contribution in [3.8, 4) is 0 Å². The number of nitrogens with zero attached hydrogens (tertiary/aromatic N) is 1. The summed E-state index contributed by atoms with van der Waals surface area (Å²) in [4.78, 5) is 13.6. The Bertz CT molecular complexity index is 572. The average Bonchev–Trinajstić information content (AvgIpc) is 2.47. The summed E-state index contributed by atoms with van der Waals surface area (Å²) in [6.07, 6.45) is 0.785. The number of nitrogens with one attached hydrogen (secondary N) is 1. The second-order valence-corrected chi connectivity index (χ2v) is 6.26. The van der Waals surface area contributed by atoms with Crippen molar-refractivity contribution in [3.05, 3.63) is 24.3 Å². The summed E-state index contributed by atoms with van der Waals surface area (Å²) in [7, 11) is -2.22. The first-order valence-corrected chi connectivity index (χ1v) is 8.37. The highest BCUT2D eigenvalue weighted by molar-refractivity contribution is 7.89. The van der Waals surface area contributed by atoms with Gasteiger partial charge in [-0.3, -0.25) is 4.79 Å². The van der Waals surface area contributed by atoms with Gasteiger partial charge < -0.3 is 9.64 Å². The Hall–Kier alpha value is -1.60. The number of anilines is 1. The Morgan fingerprint density at radius 2 is 1.95 bits per heavy atom. The lowest BCUT2D eigenvalue weighted by atomic mass is 10.2. The first kappa shape index (κ1) is 17.5. The largest absolute Gasteiger partial charge is 0.465 e. The molecule has 0 aliphatic carbocycles. The van der Waals surface area contributed by atoms with Gasteiger partial charge in [-0.1, -0.05) is 19.1 Å². The molecule has 0 bridgehead atoms. The van der Waals surface area contributed by atoms with Crippen LogP contribution < -0.4 is 9.62 Å². The van der Waals surface area contributed by atoms with E-state index in [0.29, 0.717) is 18.8 Å². The van der Waals surface area contributed by atoms with Crippen LogP contribution in [0.25, 0.3) is 0 Å². The highest BCUT2D eigenvalue weighted by atomic mass is 32.2. The molecule has 118 valence electrons. The van der Waals surface area contributed by atoms with Gasteiger partial charge in [-0.25, -0.2) is 13.1 Å². The van der Waals surface area contributed by atoms with E-state index in [2.05, 4.69) is 4.72 Å². The lowest BCUT2D eigenvalue weighted by molar-refractivity contribution is -0.141. The predicted octanol–water partition coefficient (Wildman–Crippen LogP) is 1.37. The third-order valence-corrected chi connectivity index (χ3v) is 4.34. The first-order chi connectivity index (χ1) is 9.96. The number of ether oxygens (including phenoxy) is 1. The second kappa shape index (κ2) is 7.99. The van der Waals surface area contributed by atoms with Gasteiger partial charge in [-0.05, 0) is 32.5 Å². The molecule has 1 aromatic carbocycles. The number of carbonyl (C=O) groups is 1. The molecule has 0 amide bonds. The third-order valence-electron chi connectivity index (χ3n) is 2.88. The number of hydrogen-bond donors (Lipinski definition) is 1. The van der Waals surface area contributed by atoms with Crippen molar-refractivity contribution in [2.75, 3.05) is 31.6 Å². The zero-order chi connectivity index (χ0) is 15.9. The van der Waals surface area contributed by atoms with Crippen molar-refractivity contribution in [1.82, 2.24) is 4.72 Å². The quantitative estimate of drug-likeness (QED) is 0.734. The van der Waals surface area contributed by atoms with Crippen LogP contribution in [-0.4, -0.2) is 41.1 Å². The number of carbonyl (C=O) groups excluding carboxylic acids is 1. The molecule has 1 aromatic rings. The maximum Gasteiger partial charge on any atom is 0.325 e. The Morgan fingerprint density at radius 1 is 1.29 bits per heavy atom. The molecule has 0 aliphatic rings. The van der Waals surface area contributed by atoms with Crippen molar-refractivity contribution < 1.29 is 17.9 Å². The van der Waals surface area contributed by atoms with E-state index in [4.69, 9.17) is 4.74 Å². The van der Waals surface area contributed by atoms with Crippen molar-refractivity contribution in [3.63, 3.8) is 0 Å². The molecular formula is C14H22N2O4S. The molecule has 0 aliphatic heterocycles. The Labute approximate surface area is 126 Å². The standard InChI is InChI=1S/C14H22N2O4S/c1-4-10-16(11-14(17)20-5-2)12-8-6-7-9-13(12)21(18,19)15-3/h6-9,15H,4-5,10-11H2,1-3H3. The van der Waals surface area contributed by atoms with Gasteiger partial charge >= 0.3 is 5.97 Å². The normalized spacial score (nSPS) is 11.2. The maximum absolute atomic E-state index is 12.1. The summed E-state index contributed by atoms with van der Waals surface area (Å²) in [5.41, 5.74) is 0.502. The van der Waals surface area contributed by atoms with Gasteiger partial charge in [0.2, 0.25) is 10.0 Å². The van der Waals surface area contributed by atoms with Gasteiger partial charge in [0.1, 0.15) is 11.4 Å². The molecule has 0 unspecified atom stereocenters. The molecule has 0 aromatic heterocycles.